The zero-order chi connectivity index (χ0) is 24.0. The number of halogens is 1. The van der Waals surface area contributed by atoms with E-state index in [0.717, 1.165) is 5.56 Å². The summed E-state index contributed by atoms with van der Waals surface area (Å²) in [6, 6.07) is 5.62. The van der Waals surface area contributed by atoms with Gasteiger partial charge in [-0.05, 0) is 63.3 Å². The second-order valence-corrected chi connectivity index (χ2v) is 8.54. The number of nitrogens with one attached hydrogen (secondary N) is 1. The number of carbonyl (C=O) groups excluding carboxylic acids is 2. The lowest BCUT2D eigenvalue weighted by atomic mass is 9.95. The highest BCUT2D eigenvalue weighted by Gasteiger charge is 2.26. The van der Waals surface area contributed by atoms with Crippen LogP contribution in [0.25, 0.3) is 5.69 Å². The van der Waals surface area contributed by atoms with Crippen molar-refractivity contribution in [2.45, 2.75) is 77.5 Å². The molecule has 1 heterocycles. The van der Waals surface area contributed by atoms with Crippen LogP contribution in [0, 0.1) is 5.82 Å². The van der Waals surface area contributed by atoms with Gasteiger partial charge in [0.15, 0.2) is 5.69 Å². The summed E-state index contributed by atoms with van der Waals surface area (Å²) in [6.07, 6.45) is -2.33. The Balaban J connectivity index is 2.41. The average Bonchev–Trinajstić information content (AvgIpc) is 3.05. The predicted octanol–water partition coefficient (Wildman–Crippen LogP) is 1.46. The molecule has 176 valence electrons. The highest BCUT2D eigenvalue weighted by atomic mass is 19.1. The normalized spacial score (nSPS) is 13.4. The number of aliphatic carboxylic acids is 1. The quantitative estimate of drug-likeness (QED) is 0.478. The maximum absolute atomic E-state index is 13.5. The fourth-order valence-corrected chi connectivity index (χ4v) is 3.62. The summed E-state index contributed by atoms with van der Waals surface area (Å²) in [5.41, 5.74) is 2.24. The predicted molar refractivity (Wildman–Crippen MR) is 115 cm³/mol. The van der Waals surface area contributed by atoms with Crippen molar-refractivity contribution in [2.24, 2.45) is 0 Å². The summed E-state index contributed by atoms with van der Waals surface area (Å²) in [4.78, 5) is 23.5. The molecular formula is C23H31FN3O5-. The summed E-state index contributed by atoms with van der Waals surface area (Å²) in [5.74, 6) is -2.17. The van der Waals surface area contributed by atoms with Gasteiger partial charge in [0.25, 0.3) is 5.91 Å². The van der Waals surface area contributed by atoms with Gasteiger partial charge in [-0.25, -0.2) is 9.07 Å². The van der Waals surface area contributed by atoms with E-state index in [0.29, 0.717) is 17.8 Å². The van der Waals surface area contributed by atoms with Crippen molar-refractivity contribution < 1.29 is 29.3 Å². The van der Waals surface area contributed by atoms with Crippen molar-refractivity contribution in [2.75, 3.05) is 0 Å². The minimum atomic E-state index is -1.39. The van der Waals surface area contributed by atoms with Crippen molar-refractivity contribution in [3.05, 3.63) is 47.0 Å². The van der Waals surface area contributed by atoms with Gasteiger partial charge < -0.3 is 25.4 Å². The fraction of sp³-hybridized carbons (Fsp3) is 0.522. The highest BCUT2D eigenvalue weighted by molar-refractivity contribution is 5.94. The van der Waals surface area contributed by atoms with Gasteiger partial charge in [0, 0.05) is 29.7 Å². The number of hydrogen-bond acceptors (Lipinski definition) is 6. The van der Waals surface area contributed by atoms with Crippen LogP contribution in [0.15, 0.2) is 24.3 Å². The summed E-state index contributed by atoms with van der Waals surface area (Å²) < 4.78 is 15.0. The van der Waals surface area contributed by atoms with Crippen molar-refractivity contribution in [3.8, 4) is 5.69 Å². The third-order valence-corrected chi connectivity index (χ3v) is 4.97. The number of benzene rings is 1. The molecule has 32 heavy (non-hydrogen) atoms. The van der Waals surface area contributed by atoms with Crippen LogP contribution in [0.5, 0.6) is 0 Å². The van der Waals surface area contributed by atoms with Crippen molar-refractivity contribution in [1.82, 2.24) is 15.1 Å². The molecule has 0 bridgehead atoms. The molecule has 0 spiro atoms. The molecule has 8 nitrogen and oxygen atoms in total. The summed E-state index contributed by atoms with van der Waals surface area (Å²) in [5, 5.41) is 38.1. The Morgan fingerprint density at radius 2 is 1.75 bits per heavy atom. The Hall–Kier alpha value is -2.78. The molecule has 0 fully saturated rings. The second-order valence-electron chi connectivity index (χ2n) is 8.54. The average molecular weight is 449 g/mol. The van der Waals surface area contributed by atoms with E-state index in [4.69, 9.17) is 0 Å². The summed E-state index contributed by atoms with van der Waals surface area (Å²) in [6.45, 7) is 7.56. The Morgan fingerprint density at radius 1 is 1.12 bits per heavy atom. The van der Waals surface area contributed by atoms with Crippen LogP contribution in [-0.4, -0.2) is 50.1 Å². The molecule has 0 aliphatic carbocycles. The first-order valence-electron chi connectivity index (χ1n) is 10.7. The SMILES string of the molecule is CC(C)NC(=O)c1nn(-c2ccc(F)cc2)c(CC[C@@H](O)C[C@@H](O)CC(=O)[O-])c1C(C)C. The van der Waals surface area contributed by atoms with E-state index in [2.05, 4.69) is 10.4 Å². The highest BCUT2D eigenvalue weighted by Crippen LogP contribution is 2.28. The number of aliphatic hydroxyl groups is 2. The molecule has 0 radical (unpaired) electrons. The van der Waals surface area contributed by atoms with Crippen LogP contribution >= 0.6 is 0 Å². The van der Waals surface area contributed by atoms with Gasteiger partial charge in [-0.1, -0.05) is 13.8 Å². The molecular weight excluding hydrogens is 417 g/mol. The Morgan fingerprint density at radius 3 is 2.28 bits per heavy atom. The maximum Gasteiger partial charge on any atom is 0.272 e. The van der Waals surface area contributed by atoms with Gasteiger partial charge in [-0.2, -0.15) is 5.10 Å². The van der Waals surface area contributed by atoms with Crippen LogP contribution in [0.4, 0.5) is 4.39 Å². The lowest BCUT2D eigenvalue weighted by Crippen LogP contribution is -2.31. The Labute approximate surface area is 187 Å². The molecule has 3 N–H and O–H groups in total. The smallest absolute Gasteiger partial charge is 0.272 e. The van der Waals surface area contributed by atoms with E-state index >= 15 is 0 Å². The second kappa shape index (κ2) is 11.2. The first kappa shape index (κ1) is 25.5. The molecule has 0 unspecified atom stereocenters. The number of aliphatic hydroxyl groups excluding tert-OH is 2. The maximum atomic E-state index is 13.5. The molecule has 0 saturated carbocycles. The lowest BCUT2D eigenvalue weighted by Gasteiger charge is -2.17. The molecule has 1 amide bonds. The third-order valence-electron chi connectivity index (χ3n) is 4.97. The zero-order valence-electron chi connectivity index (χ0n) is 18.8. The standard InChI is InChI=1S/C23H32FN3O5/c1-13(2)21-19(10-9-17(28)11-18(29)12-20(30)31)27(16-7-5-15(24)6-8-16)26-22(21)23(32)25-14(3)4/h5-8,13-14,17-18,28-29H,9-12H2,1-4H3,(H,25,32)(H,30,31)/p-1/t17-,18-/m1/s1. The van der Waals surface area contributed by atoms with Gasteiger partial charge in [0.2, 0.25) is 0 Å². The summed E-state index contributed by atoms with van der Waals surface area (Å²) in [7, 11) is 0. The Bertz CT molecular complexity index is 924. The monoisotopic (exact) mass is 448 g/mol. The first-order valence-corrected chi connectivity index (χ1v) is 10.7. The van der Waals surface area contributed by atoms with Crippen LogP contribution in [0.1, 0.15) is 74.6 Å². The van der Waals surface area contributed by atoms with Crippen LogP contribution in [0.2, 0.25) is 0 Å². The zero-order valence-corrected chi connectivity index (χ0v) is 18.8. The molecule has 0 saturated heterocycles. The summed E-state index contributed by atoms with van der Waals surface area (Å²) >= 11 is 0. The van der Waals surface area contributed by atoms with E-state index in [1.54, 1.807) is 16.8 Å². The number of nitrogens with zero attached hydrogens (tertiary/aromatic N) is 2. The lowest BCUT2D eigenvalue weighted by molar-refractivity contribution is -0.307. The minimum absolute atomic E-state index is 0.0621. The van der Waals surface area contributed by atoms with E-state index < -0.39 is 30.4 Å². The molecule has 2 atom stereocenters. The van der Waals surface area contributed by atoms with Gasteiger partial charge >= 0.3 is 0 Å². The topological polar surface area (TPSA) is 128 Å². The molecule has 2 aromatic rings. The van der Waals surface area contributed by atoms with Crippen molar-refractivity contribution >= 4 is 11.9 Å². The number of amides is 1. The van der Waals surface area contributed by atoms with Crippen molar-refractivity contribution in [1.29, 1.82) is 0 Å². The fourth-order valence-electron chi connectivity index (χ4n) is 3.62. The number of hydrogen-bond donors (Lipinski definition) is 3. The number of rotatable bonds is 11. The third kappa shape index (κ3) is 6.86. The van der Waals surface area contributed by atoms with Crippen molar-refractivity contribution in [3.63, 3.8) is 0 Å². The number of carbonyl (C=O) groups is 2. The van der Waals surface area contributed by atoms with E-state index in [1.165, 1.54) is 12.1 Å². The van der Waals surface area contributed by atoms with Crippen LogP contribution < -0.4 is 10.4 Å². The van der Waals surface area contributed by atoms with Crippen LogP contribution in [0.3, 0.4) is 0 Å². The van der Waals surface area contributed by atoms with Gasteiger partial charge in [0.05, 0.1) is 17.9 Å². The molecule has 0 aliphatic rings. The van der Waals surface area contributed by atoms with E-state index in [9.17, 15) is 29.3 Å². The van der Waals surface area contributed by atoms with Gasteiger partial charge in [0.1, 0.15) is 5.82 Å². The molecule has 2 rings (SSSR count). The molecule has 0 aliphatic heterocycles. The minimum Gasteiger partial charge on any atom is -0.550 e. The van der Waals surface area contributed by atoms with E-state index in [-0.39, 0.29) is 36.4 Å². The van der Waals surface area contributed by atoms with E-state index in [1.807, 2.05) is 27.7 Å². The number of aromatic nitrogens is 2. The molecule has 9 heteroatoms. The number of carboxylic acid groups (broad SMARTS) is 1. The van der Waals surface area contributed by atoms with Crippen LogP contribution in [-0.2, 0) is 11.2 Å². The molecule has 1 aromatic carbocycles. The Kier molecular flexibility index (Phi) is 8.91. The first-order chi connectivity index (χ1) is 15.0. The number of carboxylic acids is 1. The molecule has 1 aromatic heterocycles. The van der Waals surface area contributed by atoms with Gasteiger partial charge in [-0.15, -0.1) is 0 Å². The largest absolute Gasteiger partial charge is 0.550 e. The van der Waals surface area contributed by atoms with Gasteiger partial charge in [-0.3, -0.25) is 4.79 Å².